The summed E-state index contributed by atoms with van der Waals surface area (Å²) in [5.74, 6) is -0.504. The number of benzene rings is 2. The Hall–Kier alpha value is -3.12. The molecule has 174 valence electrons. The molecular formula is C27H32N2O4. The number of likely N-dealkylation sites (tertiary alicyclic amines) is 1. The fourth-order valence-corrected chi connectivity index (χ4v) is 4.75. The van der Waals surface area contributed by atoms with Gasteiger partial charge in [-0.3, -0.25) is 9.59 Å². The number of aryl methyl sites for hydroxylation is 2. The molecule has 0 saturated carbocycles. The maximum atomic E-state index is 13.2. The van der Waals surface area contributed by atoms with Crippen molar-refractivity contribution in [2.24, 2.45) is 0 Å². The molecule has 2 heterocycles. The van der Waals surface area contributed by atoms with Crippen LogP contribution in [-0.2, 0) is 16.0 Å². The number of Topliss-reactive ketones (excluding diaryl/α,β-unsaturated/α-hetero) is 1. The molecule has 33 heavy (non-hydrogen) atoms. The van der Waals surface area contributed by atoms with Crippen LogP contribution in [0.5, 0.6) is 5.75 Å². The van der Waals surface area contributed by atoms with Gasteiger partial charge in [-0.25, -0.2) is 0 Å². The molecule has 0 spiro atoms. The Balaban J connectivity index is 1.79. The highest BCUT2D eigenvalue weighted by Crippen LogP contribution is 2.40. The third kappa shape index (κ3) is 4.53. The summed E-state index contributed by atoms with van der Waals surface area (Å²) in [5, 5.41) is 11.3. The van der Waals surface area contributed by atoms with Crippen molar-refractivity contribution in [3.05, 3.63) is 70.3 Å². The number of aliphatic hydroxyl groups is 1. The summed E-state index contributed by atoms with van der Waals surface area (Å²) in [6.45, 7) is 9.64. The molecular weight excluding hydrogens is 416 g/mol. The van der Waals surface area contributed by atoms with Gasteiger partial charge in [0, 0.05) is 18.7 Å². The maximum Gasteiger partial charge on any atom is 0.295 e. The van der Waals surface area contributed by atoms with Gasteiger partial charge >= 0.3 is 0 Å². The number of fused-ring (bicyclic) bond motifs is 1. The van der Waals surface area contributed by atoms with Crippen molar-refractivity contribution in [1.82, 2.24) is 9.80 Å². The van der Waals surface area contributed by atoms with Crippen LogP contribution in [0.25, 0.3) is 5.76 Å². The Labute approximate surface area is 195 Å². The minimum Gasteiger partial charge on any atom is -0.507 e. The standard InChI is InChI=1S/C27H32N2O4/c1-4-28(5-2)13-14-29-24(20-9-6-8-18(3)16-20)23(26(31)27(29)32)25(30)21-11-12-22-19(17-21)10-7-15-33-22/h6,8-9,11-12,16-17,24,30H,4-5,7,10,13-15H2,1-3H3/b25-23-. The molecule has 0 radical (unpaired) electrons. The van der Waals surface area contributed by atoms with Crippen molar-refractivity contribution in [2.45, 2.75) is 39.7 Å². The molecule has 2 aromatic carbocycles. The molecule has 6 nitrogen and oxygen atoms in total. The second-order valence-electron chi connectivity index (χ2n) is 8.71. The summed E-state index contributed by atoms with van der Waals surface area (Å²) in [5.41, 5.74) is 3.57. The zero-order valence-electron chi connectivity index (χ0n) is 19.6. The summed E-state index contributed by atoms with van der Waals surface area (Å²) in [7, 11) is 0. The molecule has 2 aliphatic heterocycles. The number of likely N-dealkylation sites (N-methyl/N-ethyl adjacent to an activating group) is 1. The zero-order valence-corrected chi connectivity index (χ0v) is 19.6. The lowest BCUT2D eigenvalue weighted by atomic mass is 9.93. The van der Waals surface area contributed by atoms with Gasteiger partial charge in [-0.05, 0) is 62.2 Å². The van der Waals surface area contributed by atoms with E-state index in [1.165, 1.54) is 0 Å². The van der Waals surface area contributed by atoms with Gasteiger partial charge in [0.05, 0.1) is 18.2 Å². The molecule has 1 N–H and O–H groups in total. The van der Waals surface area contributed by atoms with E-state index in [2.05, 4.69) is 18.7 Å². The van der Waals surface area contributed by atoms with Crippen LogP contribution in [0.4, 0.5) is 0 Å². The molecule has 1 unspecified atom stereocenters. The number of carbonyl (C=O) groups is 2. The first-order chi connectivity index (χ1) is 15.9. The second-order valence-corrected chi connectivity index (χ2v) is 8.71. The van der Waals surface area contributed by atoms with Crippen molar-refractivity contribution in [3.63, 3.8) is 0 Å². The van der Waals surface area contributed by atoms with Crippen LogP contribution in [0, 0.1) is 6.92 Å². The topological polar surface area (TPSA) is 70.1 Å². The van der Waals surface area contributed by atoms with Gasteiger partial charge in [-0.1, -0.05) is 43.7 Å². The number of ether oxygens (including phenoxy) is 1. The smallest absolute Gasteiger partial charge is 0.295 e. The third-order valence-corrected chi connectivity index (χ3v) is 6.63. The monoisotopic (exact) mass is 448 g/mol. The fourth-order valence-electron chi connectivity index (χ4n) is 4.75. The van der Waals surface area contributed by atoms with Gasteiger partial charge in [-0.15, -0.1) is 0 Å². The lowest BCUT2D eigenvalue weighted by Crippen LogP contribution is -2.38. The van der Waals surface area contributed by atoms with Gasteiger partial charge in [0.15, 0.2) is 0 Å². The summed E-state index contributed by atoms with van der Waals surface area (Å²) in [6, 6.07) is 12.7. The first kappa shape index (κ1) is 23.1. The summed E-state index contributed by atoms with van der Waals surface area (Å²) >= 11 is 0. The normalized spacial score (nSPS) is 19.6. The molecule has 1 atom stereocenters. The quantitative estimate of drug-likeness (QED) is 0.393. The van der Waals surface area contributed by atoms with Gasteiger partial charge in [0.2, 0.25) is 0 Å². The molecule has 0 aliphatic carbocycles. The second kappa shape index (κ2) is 9.79. The number of carbonyl (C=O) groups excluding carboxylic acids is 2. The van der Waals surface area contributed by atoms with Crippen LogP contribution in [0.15, 0.2) is 48.0 Å². The van der Waals surface area contributed by atoms with Gasteiger partial charge < -0.3 is 19.6 Å². The van der Waals surface area contributed by atoms with Crippen molar-refractivity contribution in [1.29, 1.82) is 0 Å². The Morgan fingerprint density at radius 3 is 2.67 bits per heavy atom. The highest BCUT2D eigenvalue weighted by Gasteiger charge is 2.46. The van der Waals surface area contributed by atoms with Crippen LogP contribution in [0.2, 0.25) is 0 Å². The van der Waals surface area contributed by atoms with Crippen molar-refractivity contribution in [2.75, 3.05) is 32.8 Å². The van der Waals surface area contributed by atoms with Crippen molar-refractivity contribution >= 4 is 17.4 Å². The Morgan fingerprint density at radius 1 is 1.15 bits per heavy atom. The molecule has 1 amide bonds. The van der Waals surface area contributed by atoms with E-state index >= 15 is 0 Å². The first-order valence-corrected chi connectivity index (χ1v) is 11.8. The van der Waals surface area contributed by atoms with Gasteiger partial charge in [-0.2, -0.15) is 0 Å². The lowest BCUT2D eigenvalue weighted by Gasteiger charge is -2.28. The average molecular weight is 449 g/mol. The van der Waals surface area contributed by atoms with E-state index in [0.29, 0.717) is 25.3 Å². The predicted molar refractivity (Wildman–Crippen MR) is 128 cm³/mol. The first-order valence-electron chi connectivity index (χ1n) is 11.8. The van der Waals surface area contributed by atoms with Crippen LogP contribution in [0.1, 0.15) is 48.6 Å². The van der Waals surface area contributed by atoms with Gasteiger partial charge in [0.25, 0.3) is 11.7 Å². The van der Waals surface area contributed by atoms with E-state index in [1.54, 1.807) is 11.0 Å². The minimum atomic E-state index is -0.632. The van der Waals surface area contributed by atoms with Crippen molar-refractivity contribution in [3.8, 4) is 5.75 Å². The SMILES string of the molecule is CCN(CC)CCN1C(=O)C(=O)/C(=C(\O)c2ccc3c(c2)CCCO3)C1c1cccc(C)c1. The number of amides is 1. The zero-order chi connectivity index (χ0) is 23.5. The van der Waals surface area contributed by atoms with Crippen LogP contribution < -0.4 is 4.74 Å². The molecule has 4 rings (SSSR count). The number of hydrogen-bond donors (Lipinski definition) is 1. The molecule has 0 bridgehead atoms. The van der Waals surface area contributed by atoms with Gasteiger partial charge in [0.1, 0.15) is 11.5 Å². The van der Waals surface area contributed by atoms with E-state index in [9.17, 15) is 14.7 Å². The highest BCUT2D eigenvalue weighted by molar-refractivity contribution is 6.46. The predicted octanol–water partition coefficient (Wildman–Crippen LogP) is 4.08. The number of ketones is 1. The van der Waals surface area contributed by atoms with E-state index in [0.717, 1.165) is 48.4 Å². The third-order valence-electron chi connectivity index (χ3n) is 6.63. The number of rotatable bonds is 7. The summed E-state index contributed by atoms with van der Waals surface area (Å²) in [4.78, 5) is 30.2. The number of hydrogen-bond acceptors (Lipinski definition) is 5. The van der Waals surface area contributed by atoms with Crippen LogP contribution in [-0.4, -0.2) is 59.4 Å². The van der Waals surface area contributed by atoms with Crippen molar-refractivity contribution < 1.29 is 19.4 Å². The van der Waals surface area contributed by atoms with E-state index in [1.807, 2.05) is 43.3 Å². The van der Waals surface area contributed by atoms with Crippen LogP contribution in [0.3, 0.4) is 0 Å². The molecule has 1 fully saturated rings. The Bertz CT molecular complexity index is 1090. The van der Waals surface area contributed by atoms with E-state index in [4.69, 9.17) is 4.74 Å². The maximum absolute atomic E-state index is 13.2. The lowest BCUT2D eigenvalue weighted by molar-refractivity contribution is -0.140. The molecule has 1 saturated heterocycles. The van der Waals surface area contributed by atoms with E-state index < -0.39 is 17.7 Å². The molecule has 0 aromatic heterocycles. The highest BCUT2D eigenvalue weighted by atomic mass is 16.5. The summed E-state index contributed by atoms with van der Waals surface area (Å²) in [6.07, 6.45) is 1.77. The average Bonchev–Trinajstić information content (AvgIpc) is 3.09. The largest absolute Gasteiger partial charge is 0.507 e. The Kier molecular flexibility index (Phi) is 6.84. The molecule has 2 aromatic rings. The number of nitrogens with zero attached hydrogens (tertiary/aromatic N) is 2. The Morgan fingerprint density at radius 2 is 1.94 bits per heavy atom. The molecule has 6 heteroatoms. The molecule has 2 aliphatic rings. The van der Waals surface area contributed by atoms with E-state index in [-0.39, 0.29) is 11.3 Å². The number of aliphatic hydroxyl groups excluding tert-OH is 1. The minimum absolute atomic E-state index is 0.126. The van der Waals surface area contributed by atoms with Crippen LogP contribution >= 0.6 is 0 Å². The fraction of sp³-hybridized carbons (Fsp3) is 0.407. The summed E-state index contributed by atoms with van der Waals surface area (Å²) < 4.78 is 5.69.